The van der Waals surface area contributed by atoms with Crippen LogP contribution in [0.15, 0.2) is 12.2 Å². The molecule has 2 heteroatoms. The van der Waals surface area contributed by atoms with Crippen LogP contribution in [0.5, 0.6) is 0 Å². The van der Waals surface area contributed by atoms with Crippen LogP contribution in [0.3, 0.4) is 0 Å². The minimum absolute atomic E-state index is 0.0882. The average Bonchev–Trinajstić information content (AvgIpc) is 2.07. The van der Waals surface area contributed by atoms with Crippen LogP contribution < -0.4 is 0 Å². The van der Waals surface area contributed by atoms with Crippen LogP contribution in [-0.2, 0) is 9.59 Å². The maximum Gasteiger partial charge on any atom is 0.155 e. The van der Waals surface area contributed by atoms with E-state index < -0.39 is 0 Å². The Morgan fingerprint density at radius 3 is 1.58 bits per heavy atom. The summed E-state index contributed by atoms with van der Waals surface area (Å²) < 4.78 is 0. The van der Waals surface area contributed by atoms with E-state index in [2.05, 4.69) is 0 Å². The standard InChI is InChI=1S/C10H14O2/c11-9-5-3-1-2-4-6-10(12)8-7-9/h7-8H,1-6H2/b8-7-. The largest absolute Gasteiger partial charge is 0.295 e. The summed E-state index contributed by atoms with van der Waals surface area (Å²) in [5.41, 5.74) is 0. The SMILES string of the molecule is O=C1/C=C\C(=O)CCCCCC1. The van der Waals surface area contributed by atoms with Gasteiger partial charge in [-0.3, -0.25) is 9.59 Å². The number of ketones is 2. The molecule has 1 aliphatic rings. The summed E-state index contributed by atoms with van der Waals surface area (Å²) in [6.07, 6.45) is 8.14. The van der Waals surface area contributed by atoms with Crippen molar-refractivity contribution in [3.63, 3.8) is 0 Å². The van der Waals surface area contributed by atoms with Gasteiger partial charge in [0.15, 0.2) is 11.6 Å². The molecule has 0 aromatic carbocycles. The van der Waals surface area contributed by atoms with E-state index in [0.29, 0.717) is 12.8 Å². The van der Waals surface area contributed by atoms with Crippen LogP contribution in [0, 0.1) is 0 Å². The molecule has 1 aliphatic carbocycles. The first-order valence-electron chi connectivity index (χ1n) is 4.53. The zero-order valence-electron chi connectivity index (χ0n) is 7.21. The van der Waals surface area contributed by atoms with Crippen molar-refractivity contribution >= 4 is 11.6 Å². The van der Waals surface area contributed by atoms with Crippen molar-refractivity contribution in [2.45, 2.75) is 38.5 Å². The van der Waals surface area contributed by atoms with E-state index in [4.69, 9.17) is 0 Å². The molecule has 0 saturated heterocycles. The highest BCUT2D eigenvalue weighted by Crippen LogP contribution is 2.08. The summed E-state index contributed by atoms with van der Waals surface area (Å²) in [5.74, 6) is 0.176. The molecule has 0 amide bonds. The Morgan fingerprint density at radius 1 is 0.750 bits per heavy atom. The maximum atomic E-state index is 11.0. The molecule has 1 rings (SSSR count). The zero-order valence-corrected chi connectivity index (χ0v) is 7.21. The van der Waals surface area contributed by atoms with Crippen LogP contribution >= 0.6 is 0 Å². The molecule has 0 radical (unpaired) electrons. The fraction of sp³-hybridized carbons (Fsp3) is 0.600. The van der Waals surface area contributed by atoms with Gasteiger partial charge in [0.25, 0.3) is 0 Å². The number of carbonyl (C=O) groups excluding carboxylic acids is 2. The quantitative estimate of drug-likeness (QED) is 0.551. The molecule has 0 bridgehead atoms. The molecule has 0 heterocycles. The normalized spacial score (nSPS) is 23.7. The topological polar surface area (TPSA) is 34.1 Å². The fourth-order valence-electron chi connectivity index (χ4n) is 1.30. The zero-order chi connectivity index (χ0) is 8.81. The van der Waals surface area contributed by atoms with E-state index >= 15 is 0 Å². The van der Waals surface area contributed by atoms with Crippen molar-refractivity contribution in [2.75, 3.05) is 0 Å². The van der Waals surface area contributed by atoms with Crippen LogP contribution in [0.1, 0.15) is 38.5 Å². The average molecular weight is 166 g/mol. The van der Waals surface area contributed by atoms with Crippen LogP contribution in [0.4, 0.5) is 0 Å². The van der Waals surface area contributed by atoms with Gasteiger partial charge < -0.3 is 0 Å². The summed E-state index contributed by atoms with van der Waals surface area (Å²) in [6.45, 7) is 0. The molecule has 0 aromatic rings. The second kappa shape index (κ2) is 4.86. The molecule has 0 unspecified atom stereocenters. The minimum Gasteiger partial charge on any atom is -0.295 e. The number of carbonyl (C=O) groups is 2. The lowest BCUT2D eigenvalue weighted by molar-refractivity contribution is -0.117. The third-order valence-corrected chi connectivity index (χ3v) is 2.05. The second-order valence-electron chi connectivity index (χ2n) is 3.18. The van der Waals surface area contributed by atoms with Gasteiger partial charge in [-0.05, 0) is 25.0 Å². The molecule has 0 aliphatic heterocycles. The summed E-state index contributed by atoms with van der Waals surface area (Å²) in [6, 6.07) is 0. The first-order chi connectivity index (χ1) is 5.79. The van der Waals surface area contributed by atoms with E-state index in [1.807, 2.05) is 0 Å². The Balaban J connectivity index is 2.49. The highest BCUT2D eigenvalue weighted by atomic mass is 16.1. The molecule has 2 nitrogen and oxygen atoms in total. The Hall–Kier alpha value is -0.920. The molecule has 0 spiro atoms. The summed E-state index contributed by atoms with van der Waals surface area (Å²) in [5, 5.41) is 0. The van der Waals surface area contributed by atoms with Gasteiger partial charge in [-0.25, -0.2) is 0 Å². The Bertz CT molecular complexity index is 182. The van der Waals surface area contributed by atoms with E-state index in [9.17, 15) is 9.59 Å². The number of rotatable bonds is 0. The molecule has 0 atom stereocenters. The smallest absolute Gasteiger partial charge is 0.155 e. The first-order valence-corrected chi connectivity index (χ1v) is 4.53. The number of hydrogen-bond donors (Lipinski definition) is 0. The lowest BCUT2D eigenvalue weighted by Crippen LogP contribution is -1.99. The van der Waals surface area contributed by atoms with Crippen molar-refractivity contribution in [1.82, 2.24) is 0 Å². The second-order valence-corrected chi connectivity index (χ2v) is 3.18. The Morgan fingerprint density at radius 2 is 1.17 bits per heavy atom. The van der Waals surface area contributed by atoms with E-state index in [1.54, 1.807) is 0 Å². The van der Waals surface area contributed by atoms with Gasteiger partial charge in [0, 0.05) is 12.8 Å². The fourth-order valence-corrected chi connectivity index (χ4v) is 1.30. The molecular formula is C10H14O2. The molecule has 0 N–H and O–H groups in total. The van der Waals surface area contributed by atoms with Crippen molar-refractivity contribution in [1.29, 1.82) is 0 Å². The predicted octanol–water partition coefficient (Wildman–Crippen LogP) is 2.04. The monoisotopic (exact) mass is 166 g/mol. The highest BCUT2D eigenvalue weighted by molar-refractivity contribution is 5.98. The third kappa shape index (κ3) is 3.46. The molecular weight excluding hydrogens is 152 g/mol. The molecule has 66 valence electrons. The van der Waals surface area contributed by atoms with Gasteiger partial charge in [-0.1, -0.05) is 12.8 Å². The van der Waals surface area contributed by atoms with Gasteiger partial charge in [-0.2, -0.15) is 0 Å². The summed E-state index contributed by atoms with van der Waals surface area (Å²) in [4.78, 5) is 22.0. The Labute approximate surface area is 72.7 Å². The number of hydrogen-bond acceptors (Lipinski definition) is 2. The lowest BCUT2D eigenvalue weighted by Gasteiger charge is -2.00. The van der Waals surface area contributed by atoms with Crippen molar-refractivity contribution in [3.05, 3.63) is 12.2 Å². The Kier molecular flexibility index (Phi) is 3.71. The van der Waals surface area contributed by atoms with E-state index in [1.165, 1.54) is 12.2 Å². The van der Waals surface area contributed by atoms with Gasteiger partial charge in [0.2, 0.25) is 0 Å². The summed E-state index contributed by atoms with van der Waals surface area (Å²) >= 11 is 0. The van der Waals surface area contributed by atoms with Crippen LogP contribution in [0.2, 0.25) is 0 Å². The van der Waals surface area contributed by atoms with Gasteiger partial charge in [0.05, 0.1) is 0 Å². The third-order valence-electron chi connectivity index (χ3n) is 2.05. The minimum atomic E-state index is 0.0882. The number of allylic oxidation sites excluding steroid dienone is 2. The van der Waals surface area contributed by atoms with Crippen LogP contribution in [0.25, 0.3) is 0 Å². The van der Waals surface area contributed by atoms with E-state index in [0.717, 1.165) is 25.7 Å². The molecule has 0 fully saturated rings. The molecule has 12 heavy (non-hydrogen) atoms. The van der Waals surface area contributed by atoms with Crippen LogP contribution in [-0.4, -0.2) is 11.6 Å². The highest BCUT2D eigenvalue weighted by Gasteiger charge is 2.03. The first kappa shape index (κ1) is 9.17. The maximum absolute atomic E-state index is 11.0. The van der Waals surface area contributed by atoms with Gasteiger partial charge in [-0.15, -0.1) is 0 Å². The molecule has 0 saturated carbocycles. The lowest BCUT2D eigenvalue weighted by atomic mass is 10.0. The summed E-state index contributed by atoms with van der Waals surface area (Å²) in [7, 11) is 0. The van der Waals surface area contributed by atoms with Gasteiger partial charge in [0.1, 0.15) is 0 Å². The van der Waals surface area contributed by atoms with Crippen molar-refractivity contribution < 1.29 is 9.59 Å². The van der Waals surface area contributed by atoms with Gasteiger partial charge >= 0.3 is 0 Å². The predicted molar refractivity (Wildman–Crippen MR) is 46.9 cm³/mol. The van der Waals surface area contributed by atoms with E-state index in [-0.39, 0.29) is 11.6 Å². The van der Waals surface area contributed by atoms with Crippen molar-refractivity contribution in [2.24, 2.45) is 0 Å². The molecule has 0 aromatic heterocycles. The van der Waals surface area contributed by atoms with Crippen molar-refractivity contribution in [3.8, 4) is 0 Å².